The van der Waals surface area contributed by atoms with Crippen LogP contribution >= 0.6 is 0 Å². The Bertz CT molecular complexity index is 343. The summed E-state index contributed by atoms with van der Waals surface area (Å²) < 4.78 is 5.36. The van der Waals surface area contributed by atoms with Gasteiger partial charge in [-0.2, -0.15) is 0 Å². The molecule has 1 aliphatic heterocycles. The van der Waals surface area contributed by atoms with E-state index in [2.05, 4.69) is 23.8 Å². The minimum absolute atomic E-state index is 0.114. The van der Waals surface area contributed by atoms with Crippen molar-refractivity contribution in [2.75, 3.05) is 19.8 Å². The lowest BCUT2D eigenvalue weighted by atomic mass is 9.95. The highest BCUT2D eigenvalue weighted by Gasteiger charge is 2.22. The van der Waals surface area contributed by atoms with Gasteiger partial charge in [0.05, 0.1) is 6.61 Å². The molecule has 1 aromatic rings. The predicted molar refractivity (Wildman–Crippen MR) is 66.0 cm³/mol. The Morgan fingerprint density at radius 2 is 2.18 bits per heavy atom. The van der Waals surface area contributed by atoms with Crippen molar-refractivity contribution < 1.29 is 9.84 Å². The number of aromatic amines is 1. The zero-order valence-corrected chi connectivity index (χ0v) is 10.6. The van der Waals surface area contributed by atoms with Crippen molar-refractivity contribution >= 4 is 0 Å². The van der Waals surface area contributed by atoms with Crippen molar-refractivity contribution in [2.24, 2.45) is 5.92 Å². The van der Waals surface area contributed by atoms with Crippen molar-refractivity contribution in [3.05, 3.63) is 17.7 Å². The molecule has 0 aromatic carbocycles. The summed E-state index contributed by atoms with van der Waals surface area (Å²) in [4.78, 5) is 7.82. The molecule has 2 N–H and O–H groups in total. The molecule has 1 unspecified atom stereocenters. The third kappa shape index (κ3) is 2.87. The van der Waals surface area contributed by atoms with E-state index in [-0.39, 0.29) is 12.5 Å². The molecule has 0 saturated carbocycles. The second kappa shape index (κ2) is 5.65. The maximum absolute atomic E-state index is 9.39. The molecule has 1 saturated heterocycles. The highest BCUT2D eigenvalue weighted by atomic mass is 16.5. The van der Waals surface area contributed by atoms with Gasteiger partial charge >= 0.3 is 0 Å². The molecule has 96 valence electrons. The second-order valence-electron chi connectivity index (χ2n) is 5.14. The van der Waals surface area contributed by atoms with Gasteiger partial charge in [0.1, 0.15) is 5.82 Å². The number of nitrogens with one attached hydrogen (secondary N) is 1. The highest BCUT2D eigenvalue weighted by molar-refractivity contribution is 5.11. The van der Waals surface area contributed by atoms with Crippen molar-refractivity contribution in [2.45, 2.75) is 38.5 Å². The lowest BCUT2D eigenvalue weighted by molar-refractivity contribution is 0.0845. The second-order valence-corrected chi connectivity index (χ2v) is 5.14. The van der Waals surface area contributed by atoms with Crippen molar-refractivity contribution in [1.29, 1.82) is 0 Å². The fourth-order valence-electron chi connectivity index (χ4n) is 2.37. The number of rotatable bonds is 4. The molecule has 0 aliphatic carbocycles. The van der Waals surface area contributed by atoms with Crippen LogP contribution in [0.15, 0.2) is 6.20 Å². The van der Waals surface area contributed by atoms with Gasteiger partial charge in [0, 0.05) is 36.9 Å². The lowest BCUT2D eigenvalue weighted by Crippen LogP contribution is -2.15. The smallest absolute Gasteiger partial charge is 0.111 e. The topological polar surface area (TPSA) is 58.1 Å². The molecule has 0 spiro atoms. The van der Waals surface area contributed by atoms with Gasteiger partial charge in [0.15, 0.2) is 0 Å². The van der Waals surface area contributed by atoms with E-state index in [1.54, 1.807) is 0 Å². The fourth-order valence-corrected chi connectivity index (χ4v) is 2.37. The van der Waals surface area contributed by atoms with Crippen molar-refractivity contribution in [3.63, 3.8) is 0 Å². The van der Waals surface area contributed by atoms with E-state index < -0.39 is 0 Å². The fraction of sp³-hybridized carbons (Fsp3) is 0.769. The van der Waals surface area contributed by atoms with E-state index in [9.17, 15) is 5.11 Å². The van der Waals surface area contributed by atoms with Crippen molar-refractivity contribution in [1.82, 2.24) is 9.97 Å². The van der Waals surface area contributed by atoms with Gasteiger partial charge in [-0.05, 0) is 18.8 Å². The summed E-state index contributed by atoms with van der Waals surface area (Å²) in [6.45, 7) is 6.05. The number of aliphatic hydroxyl groups excluding tert-OH is 1. The molecule has 0 amide bonds. The average molecular weight is 238 g/mol. The number of aliphatic hydroxyl groups is 1. The van der Waals surface area contributed by atoms with Crippen LogP contribution in [0.25, 0.3) is 0 Å². The number of imidazole rings is 1. The summed E-state index contributed by atoms with van der Waals surface area (Å²) in [6, 6.07) is 0. The van der Waals surface area contributed by atoms with Crippen LogP contribution in [-0.4, -0.2) is 34.9 Å². The van der Waals surface area contributed by atoms with Crippen LogP contribution in [0.3, 0.4) is 0 Å². The predicted octanol–water partition coefficient (Wildman–Crippen LogP) is 2.04. The molecule has 1 aliphatic rings. The van der Waals surface area contributed by atoms with Gasteiger partial charge in [0.25, 0.3) is 0 Å². The minimum Gasteiger partial charge on any atom is -0.396 e. The van der Waals surface area contributed by atoms with Gasteiger partial charge in [-0.3, -0.25) is 0 Å². The Labute approximate surface area is 102 Å². The number of ether oxygens (including phenoxy) is 1. The monoisotopic (exact) mass is 238 g/mol. The van der Waals surface area contributed by atoms with Crippen LogP contribution in [0.2, 0.25) is 0 Å². The summed E-state index contributed by atoms with van der Waals surface area (Å²) in [7, 11) is 0. The van der Waals surface area contributed by atoms with Gasteiger partial charge in [-0.15, -0.1) is 0 Å². The van der Waals surface area contributed by atoms with Crippen LogP contribution in [0.5, 0.6) is 0 Å². The van der Waals surface area contributed by atoms with Crippen LogP contribution in [0, 0.1) is 5.92 Å². The number of H-pyrrole nitrogens is 1. The van der Waals surface area contributed by atoms with E-state index in [0.717, 1.165) is 31.9 Å². The van der Waals surface area contributed by atoms with Crippen LogP contribution in [0.1, 0.15) is 50.0 Å². The Hall–Kier alpha value is -0.870. The zero-order valence-electron chi connectivity index (χ0n) is 10.6. The molecule has 4 nitrogen and oxygen atoms in total. The van der Waals surface area contributed by atoms with Gasteiger partial charge in [-0.1, -0.05) is 13.8 Å². The van der Waals surface area contributed by atoms with Crippen LogP contribution in [0.4, 0.5) is 0 Å². The third-order valence-corrected chi connectivity index (χ3v) is 3.63. The molecule has 4 heteroatoms. The SMILES string of the molecule is CC(C)C(CO)c1ncc(C2CCOCC2)[nH]1. The quantitative estimate of drug-likeness (QED) is 0.844. The summed E-state index contributed by atoms with van der Waals surface area (Å²) >= 11 is 0. The van der Waals surface area contributed by atoms with Crippen LogP contribution < -0.4 is 0 Å². The number of hydrogen-bond donors (Lipinski definition) is 2. The Morgan fingerprint density at radius 1 is 1.47 bits per heavy atom. The summed E-state index contributed by atoms with van der Waals surface area (Å²) in [6.07, 6.45) is 4.05. The molecular formula is C13H22N2O2. The lowest BCUT2D eigenvalue weighted by Gasteiger charge is -2.21. The van der Waals surface area contributed by atoms with E-state index in [0.29, 0.717) is 11.8 Å². The van der Waals surface area contributed by atoms with Gasteiger partial charge in [0.2, 0.25) is 0 Å². The van der Waals surface area contributed by atoms with Gasteiger partial charge in [-0.25, -0.2) is 4.98 Å². The Kier molecular flexibility index (Phi) is 4.18. The minimum atomic E-state index is 0.114. The molecule has 1 fully saturated rings. The molecular weight excluding hydrogens is 216 g/mol. The first-order valence-electron chi connectivity index (χ1n) is 6.45. The van der Waals surface area contributed by atoms with E-state index in [4.69, 9.17) is 4.74 Å². The maximum Gasteiger partial charge on any atom is 0.111 e. The number of aromatic nitrogens is 2. The first-order chi connectivity index (χ1) is 8.22. The largest absolute Gasteiger partial charge is 0.396 e. The summed E-state index contributed by atoms with van der Waals surface area (Å²) in [5, 5.41) is 9.39. The number of nitrogens with zero attached hydrogens (tertiary/aromatic N) is 1. The molecule has 0 radical (unpaired) electrons. The number of hydrogen-bond acceptors (Lipinski definition) is 3. The van der Waals surface area contributed by atoms with E-state index in [1.165, 1.54) is 5.69 Å². The average Bonchev–Trinajstić information content (AvgIpc) is 2.80. The van der Waals surface area contributed by atoms with E-state index >= 15 is 0 Å². The first kappa shape index (κ1) is 12.6. The maximum atomic E-state index is 9.39. The van der Waals surface area contributed by atoms with Crippen LogP contribution in [-0.2, 0) is 4.74 Å². The Morgan fingerprint density at radius 3 is 2.76 bits per heavy atom. The Balaban J connectivity index is 2.08. The summed E-state index contributed by atoms with van der Waals surface area (Å²) in [5.41, 5.74) is 1.20. The highest BCUT2D eigenvalue weighted by Crippen LogP contribution is 2.28. The molecule has 0 bridgehead atoms. The normalized spacial score (nSPS) is 19.8. The van der Waals surface area contributed by atoms with Crippen molar-refractivity contribution in [3.8, 4) is 0 Å². The molecule has 2 rings (SSSR count). The standard InChI is InChI=1S/C13H22N2O2/c1-9(2)11(8-16)13-14-7-12(15-13)10-3-5-17-6-4-10/h7,9-11,16H,3-6,8H2,1-2H3,(H,14,15). The summed E-state index contributed by atoms with van der Waals surface area (Å²) in [5.74, 6) is 1.97. The van der Waals surface area contributed by atoms with Gasteiger partial charge < -0.3 is 14.8 Å². The molecule has 1 aromatic heterocycles. The molecule has 2 heterocycles. The first-order valence-corrected chi connectivity index (χ1v) is 6.45. The zero-order chi connectivity index (χ0) is 12.3. The molecule has 1 atom stereocenters. The third-order valence-electron chi connectivity index (χ3n) is 3.63. The van der Waals surface area contributed by atoms with E-state index in [1.807, 2.05) is 6.20 Å². The molecule has 17 heavy (non-hydrogen) atoms.